The van der Waals surface area contributed by atoms with Crippen LogP contribution < -0.4 is 0 Å². The first kappa shape index (κ1) is 12.0. The van der Waals surface area contributed by atoms with E-state index in [1.54, 1.807) is 4.52 Å². The quantitative estimate of drug-likeness (QED) is 0.724. The molecule has 0 saturated carbocycles. The average Bonchev–Trinajstić information content (AvgIpc) is 2.80. The summed E-state index contributed by atoms with van der Waals surface area (Å²) in [5.41, 5.74) is 4.02. The molecule has 4 nitrogen and oxygen atoms in total. The molecule has 3 rings (SSSR count). The molecule has 0 bridgehead atoms. The number of benzene rings is 1. The Bertz CT molecular complexity index is 768. The largest absolute Gasteiger partial charge is 0.250 e. The van der Waals surface area contributed by atoms with Crippen molar-refractivity contribution < 1.29 is 0 Å². The lowest BCUT2D eigenvalue weighted by molar-refractivity contribution is 0.866. The van der Waals surface area contributed by atoms with Crippen molar-refractivity contribution in [2.45, 2.75) is 19.8 Å². The summed E-state index contributed by atoms with van der Waals surface area (Å²) in [7, 11) is 0. The number of nitrogens with one attached hydrogen (secondary N) is 1. The molecule has 0 unspecified atom stereocenters. The van der Waals surface area contributed by atoms with Crippen molar-refractivity contribution in [2.75, 3.05) is 0 Å². The van der Waals surface area contributed by atoms with Gasteiger partial charge in [0.15, 0.2) is 5.65 Å². The van der Waals surface area contributed by atoms with E-state index in [1.807, 2.05) is 12.1 Å². The second-order valence-corrected chi connectivity index (χ2v) is 5.18. The molecule has 2 heterocycles. The summed E-state index contributed by atoms with van der Waals surface area (Å²) in [5.74, 6) is 0.534. The SMILES string of the molecule is CC(C)c1ccc(-c2ccc3n[nH]c(=S)n3n2)cc1. The second kappa shape index (κ2) is 4.59. The number of hydrogen-bond donors (Lipinski definition) is 1. The van der Waals surface area contributed by atoms with E-state index >= 15 is 0 Å². The van der Waals surface area contributed by atoms with E-state index < -0.39 is 0 Å². The molecule has 0 spiro atoms. The lowest BCUT2D eigenvalue weighted by Crippen LogP contribution is -1.95. The fourth-order valence-corrected chi connectivity index (χ4v) is 2.18. The highest BCUT2D eigenvalue weighted by Crippen LogP contribution is 2.21. The summed E-state index contributed by atoms with van der Waals surface area (Å²) in [6, 6.07) is 12.3. The monoisotopic (exact) mass is 270 g/mol. The molecule has 0 aliphatic heterocycles. The Labute approximate surface area is 116 Å². The van der Waals surface area contributed by atoms with Gasteiger partial charge in [0.25, 0.3) is 0 Å². The van der Waals surface area contributed by atoms with Crippen molar-refractivity contribution in [3.05, 3.63) is 46.7 Å². The lowest BCUT2D eigenvalue weighted by atomic mass is 10.0. The Morgan fingerprint density at radius 1 is 1.11 bits per heavy atom. The Hall–Kier alpha value is -2.01. The van der Waals surface area contributed by atoms with Crippen molar-refractivity contribution in [3.8, 4) is 11.3 Å². The van der Waals surface area contributed by atoms with Gasteiger partial charge < -0.3 is 0 Å². The fourth-order valence-electron chi connectivity index (χ4n) is 2.00. The third-order valence-corrected chi connectivity index (χ3v) is 3.41. The normalized spacial score (nSPS) is 11.3. The second-order valence-electron chi connectivity index (χ2n) is 4.79. The van der Waals surface area contributed by atoms with Crippen molar-refractivity contribution in [2.24, 2.45) is 0 Å². The predicted octanol–water partition coefficient (Wildman–Crippen LogP) is 3.58. The Kier molecular flexibility index (Phi) is 2.91. The molecule has 0 aliphatic carbocycles. The van der Waals surface area contributed by atoms with Gasteiger partial charge in [-0.3, -0.25) is 0 Å². The van der Waals surface area contributed by atoms with Crippen LogP contribution in [0.3, 0.4) is 0 Å². The predicted molar refractivity (Wildman–Crippen MR) is 77.7 cm³/mol. The fraction of sp³-hybridized carbons (Fsp3) is 0.214. The summed E-state index contributed by atoms with van der Waals surface area (Å²) in [6.45, 7) is 4.37. The highest BCUT2D eigenvalue weighted by atomic mass is 32.1. The summed E-state index contributed by atoms with van der Waals surface area (Å²) in [6.07, 6.45) is 0. The molecule has 96 valence electrons. The van der Waals surface area contributed by atoms with Gasteiger partial charge in [-0.15, -0.1) is 0 Å². The van der Waals surface area contributed by atoms with Crippen LogP contribution in [-0.4, -0.2) is 19.8 Å². The number of aromatic nitrogens is 4. The zero-order valence-corrected chi connectivity index (χ0v) is 11.6. The van der Waals surface area contributed by atoms with Crippen LogP contribution in [0, 0.1) is 4.77 Å². The number of fused-ring (bicyclic) bond motifs is 1. The summed E-state index contributed by atoms with van der Waals surface area (Å²) >= 11 is 5.13. The molecule has 0 amide bonds. The van der Waals surface area contributed by atoms with Gasteiger partial charge >= 0.3 is 0 Å². The minimum atomic E-state index is 0.510. The minimum absolute atomic E-state index is 0.510. The summed E-state index contributed by atoms with van der Waals surface area (Å²) < 4.78 is 2.15. The van der Waals surface area contributed by atoms with Gasteiger partial charge in [0, 0.05) is 5.56 Å². The Morgan fingerprint density at radius 3 is 2.53 bits per heavy atom. The van der Waals surface area contributed by atoms with E-state index in [1.165, 1.54) is 5.56 Å². The zero-order chi connectivity index (χ0) is 13.4. The van der Waals surface area contributed by atoms with Crippen molar-refractivity contribution in [1.29, 1.82) is 0 Å². The third kappa shape index (κ3) is 2.17. The molecular formula is C14H14N4S. The molecule has 19 heavy (non-hydrogen) atoms. The summed E-state index contributed by atoms with van der Waals surface area (Å²) in [5, 5.41) is 11.3. The van der Waals surface area contributed by atoms with Crippen LogP contribution >= 0.6 is 12.2 Å². The van der Waals surface area contributed by atoms with Gasteiger partial charge in [-0.2, -0.15) is 14.7 Å². The van der Waals surface area contributed by atoms with Gasteiger partial charge in [-0.1, -0.05) is 38.1 Å². The number of nitrogens with zero attached hydrogens (tertiary/aromatic N) is 3. The molecule has 5 heteroatoms. The highest BCUT2D eigenvalue weighted by molar-refractivity contribution is 7.71. The molecule has 2 aromatic heterocycles. The van der Waals surface area contributed by atoms with Gasteiger partial charge in [0.05, 0.1) is 5.69 Å². The Balaban J connectivity index is 2.08. The molecule has 0 fully saturated rings. The van der Waals surface area contributed by atoms with E-state index in [0.29, 0.717) is 10.7 Å². The molecule has 0 aliphatic rings. The van der Waals surface area contributed by atoms with Gasteiger partial charge in [0.1, 0.15) is 0 Å². The van der Waals surface area contributed by atoms with Crippen LogP contribution in [0.1, 0.15) is 25.3 Å². The first-order valence-corrected chi connectivity index (χ1v) is 6.61. The van der Waals surface area contributed by atoms with Crippen LogP contribution in [0.2, 0.25) is 0 Å². The van der Waals surface area contributed by atoms with Crippen LogP contribution in [0.4, 0.5) is 0 Å². The molecular weight excluding hydrogens is 256 g/mol. The van der Waals surface area contributed by atoms with Gasteiger partial charge in [0.2, 0.25) is 4.77 Å². The highest BCUT2D eigenvalue weighted by Gasteiger charge is 2.04. The summed E-state index contributed by atoms with van der Waals surface area (Å²) in [4.78, 5) is 0. The van der Waals surface area contributed by atoms with Crippen molar-refractivity contribution >= 4 is 17.9 Å². The molecule has 3 aromatic rings. The number of rotatable bonds is 2. The molecule has 0 atom stereocenters. The first-order valence-electron chi connectivity index (χ1n) is 6.20. The van der Waals surface area contributed by atoms with Crippen LogP contribution in [-0.2, 0) is 0 Å². The average molecular weight is 270 g/mol. The number of H-pyrrole nitrogens is 1. The smallest absolute Gasteiger partial charge is 0.216 e. The van der Waals surface area contributed by atoms with Crippen LogP contribution in [0.15, 0.2) is 36.4 Å². The van der Waals surface area contributed by atoms with Crippen LogP contribution in [0.25, 0.3) is 16.9 Å². The first-order chi connectivity index (χ1) is 9.15. The van der Waals surface area contributed by atoms with Crippen LogP contribution in [0.5, 0.6) is 0 Å². The molecule has 1 aromatic carbocycles. The topological polar surface area (TPSA) is 46.0 Å². The Morgan fingerprint density at radius 2 is 1.84 bits per heavy atom. The standard InChI is InChI=1S/C14H14N4S/c1-9(2)10-3-5-11(6-4-10)12-7-8-13-15-16-14(19)18(13)17-12/h3-9H,1-2H3,(H,16,19). The maximum atomic E-state index is 5.13. The van der Waals surface area contributed by atoms with E-state index in [0.717, 1.165) is 16.9 Å². The maximum Gasteiger partial charge on any atom is 0.216 e. The third-order valence-electron chi connectivity index (χ3n) is 3.15. The van der Waals surface area contributed by atoms with Crippen molar-refractivity contribution in [3.63, 3.8) is 0 Å². The molecule has 0 radical (unpaired) electrons. The number of hydrogen-bond acceptors (Lipinski definition) is 3. The van der Waals surface area contributed by atoms with Crippen molar-refractivity contribution in [1.82, 2.24) is 19.8 Å². The number of aromatic amines is 1. The zero-order valence-electron chi connectivity index (χ0n) is 10.8. The van der Waals surface area contributed by atoms with Gasteiger partial charge in [-0.05, 0) is 35.8 Å². The van der Waals surface area contributed by atoms with E-state index in [-0.39, 0.29) is 0 Å². The lowest BCUT2D eigenvalue weighted by Gasteiger charge is -2.06. The van der Waals surface area contributed by atoms with Gasteiger partial charge in [-0.25, -0.2) is 5.10 Å². The van der Waals surface area contributed by atoms with E-state index in [9.17, 15) is 0 Å². The molecule has 0 saturated heterocycles. The maximum absolute atomic E-state index is 5.13. The van der Waals surface area contributed by atoms with E-state index in [4.69, 9.17) is 12.2 Å². The van der Waals surface area contributed by atoms with E-state index in [2.05, 4.69) is 53.4 Å². The minimum Gasteiger partial charge on any atom is -0.250 e. The molecule has 1 N–H and O–H groups in total.